The van der Waals surface area contributed by atoms with Gasteiger partial charge in [-0.15, -0.1) is 0 Å². The highest BCUT2D eigenvalue weighted by Gasteiger charge is 2.35. The molecule has 6 heteroatoms. The van der Waals surface area contributed by atoms with Crippen LogP contribution in [-0.2, 0) is 21.8 Å². The van der Waals surface area contributed by atoms with Crippen LogP contribution in [0.25, 0.3) is 0 Å². The Bertz CT molecular complexity index is 901. The molecule has 28 heavy (non-hydrogen) atoms. The van der Waals surface area contributed by atoms with Gasteiger partial charge in [0.1, 0.15) is 0 Å². The first-order valence-corrected chi connectivity index (χ1v) is 11.6. The van der Waals surface area contributed by atoms with Crippen LogP contribution in [0.3, 0.4) is 0 Å². The van der Waals surface area contributed by atoms with Crippen LogP contribution in [0.2, 0.25) is 0 Å². The number of nitrogens with zero attached hydrogens (tertiary/aromatic N) is 1. The van der Waals surface area contributed by atoms with E-state index in [9.17, 15) is 8.42 Å². The highest BCUT2D eigenvalue weighted by molar-refractivity contribution is 7.90. The van der Waals surface area contributed by atoms with Crippen molar-refractivity contribution in [3.05, 3.63) is 65.7 Å². The summed E-state index contributed by atoms with van der Waals surface area (Å²) in [5.74, 6) is 0.759. The lowest BCUT2D eigenvalue weighted by Gasteiger charge is -2.30. The monoisotopic (exact) mass is 399 g/mol. The zero-order chi connectivity index (χ0) is 20.0. The average Bonchev–Trinajstić information content (AvgIpc) is 3.19. The summed E-state index contributed by atoms with van der Waals surface area (Å²) in [4.78, 5) is 4.68. The lowest BCUT2D eigenvalue weighted by molar-refractivity contribution is 0.431. The smallest absolute Gasteiger partial charge is 0.191 e. The molecule has 0 saturated heterocycles. The van der Waals surface area contributed by atoms with Crippen molar-refractivity contribution in [3.63, 3.8) is 0 Å². The third-order valence-corrected chi connectivity index (χ3v) is 6.70. The molecule has 2 aromatic carbocycles. The largest absolute Gasteiger partial charge is 0.356 e. The molecule has 0 unspecified atom stereocenters. The number of sulfone groups is 1. The number of hydrogen-bond donors (Lipinski definition) is 2. The van der Waals surface area contributed by atoms with Gasteiger partial charge in [0.2, 0.25) is 0 Å². The minimum absolute atomic E-state index is 0.163. The molecule has 1 fully saturated rings. The second kappa shape index (κ2) is 8.78. The second-order valence-corrected chi connectivity index (χ2v) is 9.56. The topological polar surface area (TPSA) is 70.6 Å². The number of rotatable bonds is 6. The Labute approximate surface area is 168 Å². The van der Waals surface area contributed by atoms with E-state index in [4.69, 9.17) is 0 Å². The van der Waals surface area contributed by atoms with Gasteiger partial charge in [0.25, 0.3) is 0 Å². The molecule has 1 saturated carbocycles. The summed E-state index contributed by atoms with van der Waals surface area (Å²) in [7, 11) is -1.39. The summed E-state index contributed by atoms with van der Waals surface area (Å²) in [6.45, 7) is 1.44. The minimum atomic E-state index is -3.16. The Morgan fingerprint density at radius 2 is 1.64 bits per heavy atom. The maximum Gasteiger partial charge on any atom is 0.191 e. The van der Waals surface area contributed by atoms with E-state index in [0.29, 0.717) is 11.4 Å². The first kappa shape index (κ1) is 20.4. The predicted octanol–water partition coefficient (Wildman–Crippen LogP) is 3.27. The van der Waals surface area contributed by atoms with Gasteiger partial charge < -0.3 is 10.6 Å². The molecule has 0 amide bonds. The maximum absolute atomic E-state index is 11.6. The Morgan fingerprint density at radius 1 is 1.00 bits per heavy atom. The highest BCUT2D eigenvalue weighted by Crippen LogP contribution is 2.40. The normalized spacial score (nSPS) is 16.7. The highest BCUT2D eigenvalue weighted by atomic mass is 32.2. The summed E-state index contributed by atoms with van der Waals surface area (Å²) in [5, 5.41) is 6.83. The first-order valence-electron chi connectivity index (χ1n) is 9.72. The van der Waals surface area contributed by atoms with E-state index in [-0.39, 0.29) is 5.41 Å². The SMILES string of the molecule is CN=C(NCc1ccc(S(C)(=O)=O)cc1)NCC1(c2ccccc2)CCCC1. The third kappa shape index (κ3) is 4.93. The molecular weight excluding hydrogens is 370 g/mol. The van der Waals surface area contributed by atoms with Gasteiger partial charge in [0.05, 0.1) is 4.90 Å². The molecule has 5 nitrogen and oxygen atoms in total. The van der Waals surface area contributed by atoms with Gasteiger partial charge in [0, 0.05) is 31.8 Å². The van der Waals surface area contributed by atoms with E-state index in [1.807, 2.05) is 12.1 Å². The third-order valence-electron chi connectivity index (χ3n) is 5.58. The van der Waals surface area contributed by atoms with Crippen molar-refractivity contribution in [2.75, 3.05) is 19.8 Å². The molecule has 0 atom stereocenters. The van der Waals surface area contributed by atoms with Gasteiger partial charge in [-0.1, -0.05) is 55.3 Å². The van der Waals surface area contributed by atoms with E-state index in [1.54, 1.807) is 19.2 Å². The Balaban J connectivity index is 1.60. The van der Waals surface area contributed by atoms with Crippen molar-refractivity contribution >= 4 is 15.8 Å². The summed E-state index contributed by atoms with van der Waals surface area (Å²) < 4.78 is 23.1. The fourth-order valence-electron chi connectivity index (χ4n) is 3.92. The fourth-order valence-corrected chi connectivity index (χ4v) is 4.56. The zero-order valence-electron chi connectivity index (χ0n) is 16.6. The van der Waals surface area contributed by atoms with Crippen LogP contribution >= 0.6 is 0 Å². The molecular formula is C22H29N3O2S. The molecule has 1 aliphatic rings. The molecule has 0 aliphatic heterocycles. The van der Waals surface area contributed by atoms with Crippen molar-refractivity contribution in [1.82, 2.24) is 10.6 Å². The fraction of sp³-hybridized carbons (Fsp3) is 0.409. The predicted molar refractivity (Wildman–Crippen MR) is 114 cm³/mol. The van der Waals surface area contributed by atoms with E-state index in [1.165, 1.54) is 37.5 Å². The number of aliphatic imine (C=N–C) groups is 1. The van der Waals surface area contributed by atoms with Gasteiger partial charge in [-0.25, -0.2) is 8.42 Å². The van der Waals surface area contributed by atoms with Gasteiger partial charge in [-0.3, -0.25) is 4.99 Å². The first-order chi connectivity index (χ1) is 13.4. The molecule has 1 aliphatic carbocycles. The van der Waals surface area contributed by atoms with E-state index >= 15 is 0 Å². The minimum Gasteiger partial charge on any atom is -0.356 e. The quantitative estimate of drug-likeness (QED) is 0.578. The van der Waals surface area contributed by atoms with Crippen molar-refractivity contribution < 1.29 is 8.42 Å². The lowest BCUT2D eigenvalue weighted by atomic mass is 9.79. The van der Waals surface area contributed by atoms with Crippen LogP contribution in [0.4, 0.5) is 0 Å². The second-order valence-electron chi connectivity index (χ2n) is 7.55. The molecule has 0 spiro atoms. The van der Waals surface area contributed by atoms with Crippen LogP contribution < -0.4 is 10.6 Å². The Morgan fingerprint density at radius 3 is 2.21 bits per heavy atom. The summed E-state index contributed by atoms with van der Waals surface area (Å²) in [6, 6.07) is 17.7. The van der Waals surface area contributed by atoms with Gasteiger partial charge >= 0.3 is 0 Å². The molecule has 0 radical (unpaired) electrons. The van der Waals surface area contributed by atoms with Gasteiger partial charge in [0.15, 0.2) is 15.8 Å². The summed E-state index contributed by atoms with van der Waals surface area (Å²) in [5.41, 5.74) is 2.57. The lowest BCUT2D eigenvalue weighted by Crippen LogP contribution is -2.44. The number of benzene rings is 2. The zero-order valence-corrected chi connectivity index (χ0v) is 17.4. The van der Waals surface area contributed by atoms with Crippen LogP contribution in [0.15, 0.2) is 64.5 Å². The van der Waals surface area contributed by atoms with Crippen molar-refractivity contribution in [2.24, 2.45) is 4.99 Å². The molecule has 0 bridgehead atoms. The molecule has 150 valence electrons. The van der Waals surface area contributed by atoms with Gasteiger partial charge in [-0.05, 0) is 36.1 Å². The van der Waals surface area contributed by atoms with Crippen LogP contribution in [-0.4, -0.2) is 34.2 Å². The summed E-state index contributed by atoms with van der Waals surface area (Å²) in [6.07, 6.45) is 6.12. The van der Waals surface area contributed by atoms with E-state index in [2.05, 4.69) is 46.0 Å². The van der Waals surface area contributed by atoms with E-state index in [0.717, 1.165) is 18.1 Å². The van der Waals surface area contributed by atoms with Crippen LogP contribution in [0.1, 0.15) is 36.8 Å². The van der Waals surface area contributed by atoms with Gasteiger partial charge in [-0.2, -0.15) is 0 Å². The van der Waals surface area contributed by atoms with Crippen LogP contribution in [0.5, 0.6) is 0 Å². The Hall–Kier alpha value is -2.34. The standard InChI is InChI=1S/C22H29N3O2S/c1-23-21(24-16-18-10-12-20(13-11-18)28(2,26)27)25-17-22(14-6-7-15-22)19-8-4-3-5-9-19/h3-5,8-13H,6-7,14-17H2,1-2H3,(H2,23,24,25). The molecule has 2 N–H and O–H groups in total. The summed E-state index contributed by atoms with van der Waals surface area (Å²) >= 11 is 0. The van der Waals surface area contributed by atoms with Crippen molar-refractivity contribution in [2.45, 2.75) is 42.5 Å². The van der Waals surface area contributed by atoms with E-state index < -0.39 is 9.84 Å². The molecule has 3 rings (SSSR count). The number of guanidine groups is 1. The molecule has 0 heterocycles. The average molecular weight is 400 g/mol. The van der Waals surface area contributed by atoms with Crippen LogP contribution in [0, 0.1) is 0 Å². The number of nitrogens with one attached hydrogen (secondary N) is 2. The Kier molecular flexibility index (Phi) is 6.39. The maximum atomic E-state index is 11.6. The van der Waals surface area contributed by atoms with Crippen molar-refractivity contribution in [3.8, 4) is 0 Å². The molecule has 2 aromatic rings. The van der Waals surface area contributed by atoms with Crippen molar-refractivity contribution in [1.29, 1.82) is 0 Å². The number of hydrogen-bond acceptors (Lipinski definition) is 3. The molecule has 0 aromatic heterocycles.